The number of rotatable bonds is 7. The van der Waals surface area contributed by atoms with E-state index in [0.717, 1.165) is 19.6 Å². The average molecular weight is 342 g/mol. The average Bonchev–Trinajstić information content (AvgIpc) is 3.00. The number of amides is 1. The molecule has 1 amide bonds. The maximum atomic E-state index is 10.9. The van der Waals surface area contributed by atoms with Gasteiger partial charge in [-0.25, -0.2) is 0 Å². The van der Waals surface area contributed by atoms with Crippen LogP contribution in [0.3, 0.4) is 0 Å². The minimum absolute atomic E-state index is 0.0888. The minimum Gasteiger partial charge on any atom is -0.484 e. The van der Waals surface area contributed by atoms with E-state index in [4.69, 9.17) is 10.5 Å². The summed E-state index contributed by atoms with van der Waals surface area (Å²) in [5, 5.41) is 4.43. The maximum absolute atomic E-state index is 10.9. The second-order valence-electron chi connectivity index (χ2n) is 6.76. The fraction of sp³-hybridized carbons (Fsp3) is 0.474. The van der Waals surface area contributed by atoms with Crippen LogP contribution in [0, 0.1) is 6.92 Å². The highest BCUT2D eigenvalue weighted by Gasteiger charge is 2.23. The van der Waals surface area contributed by atoms with Gasteiger partial charge in [-0.3, -0.25) is 14.4 Å². The Morgan fingerprint density at radius 2 is 2.28 bits per heavy atom. The van der Waals surface area contributed by atoms with Crippen molar-refractivity contribution in [3.63, 3.8) is 0 Å². The number of primary amides is 1. The van der Waals surface area contributed by atoms with Crippen LogP contribution in [0.25, 0.3) is 0 Å². The van der Waals surface area contributed by atoms with Crippen LogP contribution in [0.1, 0.15) is 30.4 Å². The van der Waals surface area contributed by atoms with Crippen LogP contribution < -0.4 is 10.5 Å². The highest BCUT2D eigenvalue weighted by atomic mass is 16.5. The summed E-state index contributed by atoms with van der Waals surface area (Å²) < 4.78 is 7.46. The molecular formula is C19H26N4O2. The molecule has 6 nitrogen and oxygen atoms in total. The van der Waals surface area contributed by atoms with Gasteiger partial charge >= 0.3 is 0 Å². The van der Waals surface area contributed by atoms with Crippen LogP contribution in [-0.2, 0) is 17.9 Å². The van der Waals surface area contributed by atoms with Gasteiger partial charge in [0, 0.05) is 18.8 Å². The van der Waals surface area contributed by atoms with Crippen LogP contribution in [0.15, 0.2) is 36.7 Å². The molecule has 0 spiro atoms. The van der Waals surface area contributed by atoms with Crippen molar-refractivity contribution in [2.24, 2.45) is 5.73 Å². The summed E-state index contributed by atoms with van der Waals surface area (Å²) >= 11 is 0. The third-order valence-corrected chi connectivity index (χ3v) is 4.57. The number of aromatic nitrogens is 2. The number of nitrogens with two attached hydrogens (primary N) is 1. The molecule has 0 unspecified atom stereocenters. The zero-order valence-corrected chi connectivity index (χ0v) is 14.7. The smallest absolute Gasteiger partial charge is 0.255 e. The third kappa shape index (κ3) is 5.06. The number of nitrogens with zero attached hydrogens (tertiary/aromatic N) is 3. The van der Waals surface area contributed by atoms with Crippen molar-refractivity contribution >= 4 is 5.91 Å². The van der Waals surface area contributed by atoms with Crippen molar-refractivity contribution in [3.8, 4) is 5.75 Å². The first kappa shape index (κ1) is 17.5. The molecule has 1 aliphatic heterocycles. The monoisotopic (exact) mass is 342 g/mol. The van der Waals surface area contributed by atoms with E-state index in [9.17, 15) is 4.79 Å². The van der Waals surface area contributed by atoms with Crippen LogP contribution in [0.4, 0.5) is 0 Å². The number of ether oxygens (including phenoxy) is 1. The summed E-state index contributed by atoms with van der Waals surface area (Å²) in [6.45, 7) is 4.87. The fourth-order valence-electron chi connectivity index (χ4n) is 3.38. The van der Waals surface area contributed by atoms with E-state index < -0.39 is 5.91 Å². The summed E-state index contributed by atoms with van der Waals surface area (Å²) in [4.78, 5) is 13.4. The summed E-state index contributed by atoms with van der Waals surface area (Å²) in [7, 11) is 0. The Morgan fingerprint density at radius 3 is 3.04 bits per heavy atom. The van der Waals surface area contributed by atoms with Gasteiger partial charge in [0.2, 0.25) is 0 Å². The molecule has 1 aromatic carbocycles. The second kappa shape index (κ2) is 8.16. The van der Waals surface area contributed by atoms with Crippen molar-refractivity contribution in [3.05, 3.63) is 47.8 Å². The van der Waals surface area contributed by atoms with Crippen LogP contribution in [0.5, 0.6) is 5.75 Å². The minimum atomic E-state index is -0.462. The molecule has 1 saturated heterocycles. The van der Waals surface area contributed by atoms with Gasteiger partial charge in [0.05, 0.1) is 12.7 Å². The molecule has 3 rings (SSSR count). The summed E-state index contributed by atoms with van der Waals surface area (Å²) in [6, 6.07) is 8.39. The van der Waals surface area contributed by atoms with Gasteiger partial charge in [0.15, 0.2) is 6.61 Å². The van der Waals surface area contributed by atoms with Gasteiger partial charge in [0.25, 0.3) is 5.91 Å². The van der Waals surface area contributed by atoms with E-state index >= 15 is 0 Å². The van der Waals surface area contributed by atoms with Gasteiger partial charge in [-0.15, -0.1) is 0 Å². The molecule has 1 aliphatic rings. The maximum Gasteiger partial charge on any atom is 0.255 e. The van der Waals surface area contributed by atoms with Crippen molar-refractivity contribution in [1.29, 1.82) is 0 Å². The first-order chi connectivity index (χ1) is 12.1. The lowest BCUT2D eigenvalue weighted by Crippen LogP contribution is -2.41. The molecule has 0 aliphatic carbocycles. The summed E-state index contributed by atoms with van der Waals surface area (Å²) in [5.41, 5.74) is 7.52. The lowest BCUT2D eigenvalue weighted by molar-refractivity contribution is -0.119. The van der Waals surface area contributed by atoms with E-state index in [-0.39, 0.29) is 6.61 Å². The molecule has 6 heteroatoms. The zero-order chi connectivity index (χ0) is 17.6. The Kier molecular flexibility index (Phi) is 5.71. The normalized spacial score (nSPS) is 18.2. The lowest BCUT2D eigenvalue weighted by atomic mass is 10.0. The van der Waals surface area contributed by atoms with Gasteiger partial charge in [0.1, 0.15) is 5.75 Å². The molecule has 2 aromatic rings. The lowest BCUT2D eigenvalue weighted by Gasteiger charge is -2.35. The van der Waals surface area contributed by atoms with Gasteiger partial charge < -0.3 is 10.5 Å². The van der Waals surface area contributed by atoms with Crippen LogP contribution in [0.2, 0.25) is 0 Å². The largest absolute Gasteiger partial charge is 0.484 e. The van der Waals surface area contributed by atoms with Crippen LogP contribution >= 0.6 is 0 Å². The summed E-state index contributed by atoms with van der Waals surface area (Å²) in [5.74, 6) is 0.226. The Morgan fingerprint density at radius 1 is 1.40 bits per heavy atom. The molecule has 2 N–H and O–H groups in total. The number of hydrogen-bond acceptors (Lipinski definition) is 4. The molecule has 0 radical (unpaired) electrons. The molecule has 1 aromatic heterocycles. The molecule has 1 atom stereocenters. The first-order valence-corrected chi connectivity index (χ1v) is 8.83. The SMILES string of the molecule is Cc1cnn(C[C@H]2CCCCN2Cc2cccc(OCC(N)=O)c2)c1. The highest BCUT2D eigenvalue weighted by Crippen LogP contribution is 2.22. The first-order valence-electron chi connectivity index (χ1n) is 8.83. The Hall–Kier alpha value is -2.34. The quantitative estimate of drug-likeness (QED) is 0.836. The second-order valence-corrected chi connectivity index (χ2v) is 6.76. The van der Waals surface area contributed by atoms with E-state index in [2.05, 4.69) is 29.2 Å². The van der Waals surface area contributed by atoms with Crippen molar-refractivity contribution in [1.82, 2.24) is 14.7 Å². The zero-order valence-electron chi connectivity index (χ0n) is 14.7. The Balaban J connectivity index is 1.64. The number of piperidine rings is 1. The molecule has 0 bridgehead atoms. The van der Waals surface area contributed by atoms with Crippen molar-refractivity contribution in [2.45, 2.75) is 45.3 Å². The predicted molar refractivity (Wildman–Crippen MR) is 96.1 cm³/mol. The molecule has 2 heterocycles. The Bertz CT molecular complexity index is 713. The van der Waals surface area contributed by atoms with Crippen molar-refractivity contribution < 1.29 is 9.53 Å². The number of benzene rings is 1. The van der Waals surface area contributed by atoms with Crippen molar-refractivity contribution in [2.75, 3.05) is 13.2 Å². The standard InChI is InChI=1S/C19H26N4O2/c1-15-10-21-23(11-15)13-17-6-2-3-8-22(17)12-16-5-4-7-18(9-16)25-14-19(20)24/h4-5,7,9-11,17H,2-3,6,8,12-14H2,1H3,(H2,20,24)/t17-/m1/s1. The molecule has 25 heavy (non-hydrogen) atoms. The number of hydrogen-bond donors (Lipinski definition) is 1. The van der Waals surface area contributed by atoms with Gasteiger partial charge in [-0.1, -0.05) is 18.6 Å². The Labute approximate surface area is 148 Å². The molecular weight excluding hydrogens is 316 g/mol. The van der Waals surface area contributed by atoms with Gasteiger partial charge in [-0.05, 0) is 49.6 Å². The third-order valence-electron chi connectivity index (χ3n) is 4.57. The van der Waals surface area contributed by atoms with E-state index in [1.165, 1.54) is 30.4 Å². The molecule has 1 fully saturated rings. The fourth-order valence-corrected chi connectivity index (χ4v) is 3.38. The van der Waals surface area contributed by atoms with E-state index in [0.29, 0.717) is 11.8 Å². The molecule has 0 saturated carbocycles. The summed E-state index contributed by atoms with van der Waals surface area (Å²) in [6.07, 6.45) is 7.70. The van der Waals surface area contributed by atoms with E-state index in [1.54, 1.807) is 0 Å². The van der Waals surface area contributed by atoms with Gasteiger partial charge in [-0.2, -0.15) is 5.10 Å². The predicted octanol–water partition coefficient (Wildman–Crippen LogP) is 2.11. The molecule has 134 valence electrons. The van der Waals surface area contributed by atoms with E-state index in [1.807, 2.05) is 29.1 Å². The number of carbonyl (C=O) groups is 1. The number of carbonyl (C=O) groups excluding carboxylic acids is 1. The topological polar surface area (TPSA) is 73.4 Å². The number of aryl methyl sites for hydroxylation is 1. The number of likely N-dealkylation sites (tertiary alicyclic amines) is 1. The van der Waals surface area contributed by atoms with Crippen LogP contribution in [-0.4, -0.2) is 39.8 Å². The highest BCUT2D eigenvalue weighted by molar-refractivity contribution is 5.75.